The van der Waals surface area contributed by atoms with Crippen LogP contribution in [0, 0.1) is 5.82 Å². The summed E-state index contributed by atoms with van der Waals surface area (Å²) < 4.78 is 39.1. The van der Waals surface area contributed by atoms with Gasteiger partial charge >= 0.3 is 0 Å². The first-order valence-corrected chi connectivity index (χ1v) is 11.2. The Morgan fingerprint density at radius 3 is 2.71 bits per heavy atom. The Hall–Kier alpha value is -2.58. The van der Waals surface area contributed by atoms with Crippen LogP contribution in [-0.4, -0.2) is 25.4 Å². The van der Waals surface area contributed by atoms with Gasteiger partial charge in [0.25, 0.3) is 5.91 Å². The summed E-state index contributed by atoms with van der Waals surface area (Å²) in [6.07, 6.45) is 2.68. The fourth-order valence-corrected chi connectivity index (χ4v) is 5.67. The van der Waals surface area contributed by atoms with Crippen molar-refractivity contribution in [1.82, 2.24) is 10.3 Å². The number of halogens is 1. The molecule has 4 rings (SSSR count). The lowest BCUT2D eigenvalue weighted by Crippen LogP contribution is -2.35. The van der Waals surface area contributed by atoms with E-state index in [1.54, 1.807) is 35.8 Å². The number of sulfone groups is 1. The molecule has 28 heavy (non-hydrogen) atoms. The summed E-state index contributed by atoms with van der Waals surface area (Å²) >= 11 is 1.31. The van der Waals surface area contributed by atoms with E-state index in [2.05, 4.69) is 10.3 Å². The third-order valence-corrected chi connectivity index (χ3v) is 7.31. The molecule has 0 fully saturated rings. The van der Waals surface area contributed by atoms with Gasteiger partial charge in [-0.25, -0.2) is 17.8 Å². The van der Waals surface area contributed by atoms with Crippen molar-refractivity contribution in [3.05, 3.63) is 81.6 Å². The maximum Gasteiger partial charge on any atom is 0.254 e. The quantitative estimate of drug-likeness (QED) is 0.693. The van der Waals surface area contributed by atoms with E-state index in [-0.39, 0.29) is 22.3 Å². The van der Waals surface area contributed by atoms with Crippen LogP contribution in [0.3, 0.4) is 0 Å². The second-order valence-electron chi connectivity index (χ2n) is 6.67. The second kappa shape index (κ2) is 7.44. The minimum absolute atomic E-state index is 0.00479. The number of carbonyl (C=O) groups is 1. The van der Waals surface area contributed by atoms with Crippen LogP contribution in [0.15, 0.2) is 58.9 Å². The fraction of sp³-hybridized carbons (Fsp3) is 0.200. The van der Waals surface area contributed by atoms with Gasteiger partial charge in [-0.2, -0.15) is 0 Å². The van der Waals surface area contributed by atoms with Crippen molar-refractivity contribution in [3.63, 3.8) is 0 Å². The molecule has 1 unspecified atom stereocenters. The average Bonchev–Trinajstić information content (AvgIpc) is 3.29. The van der Waals surface area contributed by atoms with E-state index >= 15 is 0 Å². The Bertz CT molecular complexity index is 1130. The number of nitrogens with one attached hydrogen (secondary N) is 1. The second-order valence-corrected chi connectivity index (χ2v) is 9.64. The monoisotopic (exact) mass is 416 g/mol. The zero-order valence-corrected chi connectivity index (χ0v) is 16.4. The highest BCUT2D eigenvalue weighted by Crippen LogP contribution is 2.27. The summed E-state index contributed by atoms with van der Waals surface area (Å²) in [6, 6.07) is 10.7. The molecule has 1 amide bonds. The number of amides is 1. The standard InChI is InChI=1S/C20H17FN2O3S2/c21-18-4-2-1-3-17(18)20(24)23-15-9-13-5-6-16(11-14(13)10-15)28(25,26)12-19-22-7-8-27-19/h1-8,11,15H,9-10,12H2,(H,23,24). The molecular weight excluding hydrogens is 399 g/mol. The predicted octanol–water partition coefficient (Wildman–Crippen LogP) is 3.15. The maximum absolute atomic E-state index is 13.8. The molecule has 144 valence electrons. The van der Waals surface area contributed by atoms with Crippen molar-refractivity contribution < 1.29 is 17.6 Å². The Morgan fingerprint density at radius 2 is 1.96 bits per heavy atom. The van der Waals surface area contributed by atoms with Gasteiger partial charge in [-0.05, 0) is 48.2 Å². The normalized spacial score (nSPS) is 16.0. The summed E-state index contributed by atoms with van der Waals surface area (Å²) in [5, 5.41) is 5.14. The first kappa shape index (κ1) is 18.8. The smallest absolute Gasteiger partial charge is 0.254 e. The van der Waals surface area contributed by atoms with Gasteiger partial charge in [-0.3, -0.25) is 4.79 Å². The molecule has 1 heterocycles. The molecule has 3 aromatic rings. The van der Waals surface area contributed by atoms with Crippen molar-refractivity contribution in [2.45, 2.75) is 29.5 Å². The summed E-state index contributed by atoms with van der Waals surface area (Å²) in [5.74, 6) is -1.16. The molecule has 1 atom stereocenters. The number of aromatic nitrogens is 1. The van der Waals surface area contributed by atoms with Crippen molar-refractivity contribution in [2.75, 3.05) is 0 Å². The van der Waals surface area contributed by atoms with Crippen LogP contribution in [0.2, 0.25) is 0 Å². The summed E-state index contributed by atoms with van der Waals surface area (Å²) in [6.45, 7) is 0. The van der Waals surface area contributed by atoms with Crippen LogP contribution in [0.25, 0.3) is 0 Å². The molecule has 1 N–H and O–H groups in total. The van der Waals surface area contributed by atoms with Crippen LogP contribution in [0.1, 0.15) is 26.5 Å². The van der Waals surface area contributed by atoms with Crippen molar-refractivity contribution in [1.29, 1.82) is 0 Å². The van der Waals surface area contributed by atoms with E-state index in [0.717, 1.165) is 11.1 Å². The summed E-state index contributed by atoms with van der Waals surface area (Å²) in [7, 11) is -3.48. The molecular formula is C20H17FN2O3S2. The number of thiazole rings is 1. The van der Waals surface area contributed by atoms with Gasteiger partial charge in [0.05, 0.1) is 10.5 Å². The van der Waals surface area contributed by atoms with Gasteiger partial charge in [0, 0.05) is 17.6 Å². The molecule has 0 bridgehead atoms. The van der Waals surface area contributed by atoms with E-state index < -0.39 is 21.6 Å². The van der Waals surface area contributed by atoms with Gasteiger partial charge in [0.1, 0.15) is 16.6 Å². The average molecular weight is 416 g/mol. The lowest BCUT2D eigenvalue weighted by molar-refractivity contribution is 0.0934. The number of rotatable bonds is 5. The van der Waals surface area contributed by atoms with E-state index in [4.69, 9.17) is 0 Å². The predicted molar refractivity (Wildman–Crippen MR) is 105 cm³/mol. The Labute approximate surface area is 166 Å². The molecule has 1 aromatic heterocycles. The molecule has 0 saturated heterocycles. The van der Waals surface area contributed by atoms with Crippen LogP contribution in [0.5, 0.6) is 0 Å². The number of hydrogen-bond acceptors (Lipinski definition) is 5. The van der Waals surface area contributed by atoms with Crippen molar-refractivity contribution >= 4 is 27.1 Å². The molecule has 0 saturated carbocycles. The van der Waals surface area contributed by atoms with Crippen LogP contribution in [0.4, 0.5) is 4.39 Å². The lowest BCUT2D eigenvalue weighted by Gasteiger charge is -2.12. The van der Waals surface area contributed by atoms with E-state index in [0.29, 0.717) is 17.8 Å². The number of benzene rings is 2. The molecule has 0 spiro atoms. The number of nitrogens with zero attached hydrogens (tertiary/aromatic N) is 1. The zero-order valence-electron chi connectivity index (χ0n) is 14.8. The molecule has 2 aromatic carbocycles. The van der Waals surface area contributed by atoms with Gasteiger partial charge < -0.3 is 5.32 Å². The highest BCUT2D eigenvalue weighted by atomic mass is 32.2. The number of carbonyl (C=O) groups excluding carboxylic acids is 1. The van der Waals surface area contributed by atoms with Crippen molar-refractivity contribution in [2.24, 2.45) is 0 Å². The summed E-state index contributed by atoms with van der Waals surface area (Å²) in [4.78, 5) is 16.6. The topological polar surface area (TPSA) is 76.1 Å². The maximum atomic E-state index is 13.8. The van der Waals surface area contributed by atoms with E-state index in [1.165, 1.54) is 29.5 Å². The van der Waals surface area contributed by atoms with Crippen LogP contribution in [-0.2, 0) is 28.4 Å². The van der Waals surface area contributed by atoms with Gasteiger partial charge in [-0.1, -0.05) is 18.2 Å². The van der Waals surface area contributed by atoms with Gasteiger partial charge in [0.15, 0.2) is 9.84 Å². The minimum Gasteiger partial charge on any atom is -0.349 e. The number of hydrogen-bond donors (Lipinski definition) is 1. The largest absolute Gasteiger partial charge is 0.349 e. The zero-order chi connectivity index (χ0) is 19.7. The Morgan fingerprint density at radius 1 is 1.18 bits per heavy atom. The first-order chi connectivity index (χ1) is 13.4. The minimum atomic E-state index is -3.48. The molecule has 8 heteroatoms. The molecule has 1 aliphatic carbocycles. The third-order valence-electron chi connectivity index (χ3n) is 4.72. The Kier molecular flexibility index (Phi) is 4.99. The first-order valence-electron chi connectivity index (χ1n) is 8.71. The highest BCUT2D eigenvalue weighted by molar-refractivity contribution is 7.90. The van der Waals surface area contributed by atoms with Gasteiger partial charge in [0.2, 0.25) is 0 Å². The van der Waals surface area contributed by atoms with E-state index in [9.17, 15) is 17.6 Å². The molecule has 0 radical (unpaired) electrons. The lowest BCUT2D eigenvalue weighted by atomic mass is 10.1. The summed E-state index contributed by atoms with van der Waals surface area (Å²) in [5.41, 5.74) is 1.89. The Balaban J connectivity index is 1.48. The highest BCUT2D eigenvalue weighted by Gasteiger charge is 2.26. The molecule has 0 aliphatic heterocycles. The van der Waals surface area contributed by atoms with Crippen LogP contribution >= 0.6 is 11.3 Å². The van der Waals surface area contributed by atoms with Gasteiger partial charge in [-0.15, -0.1) is 11.3 Å². The molecule has 5 nitrogen and oxygen atoms in total. The third kappa shape index (κ3) is 3.83. The SMILES string of the molecule is O=C(NC1Cc2ccc(S(=O)(=O)Cc3nccs3)cc2C1)c1ccccc1F. The fourth-order valence-electron chi connectivity index (χ4n) is 3.37. The molecule has 1 aliphatic rings. The van der Waals surface area contributed by atoms with E-state index in [1.807, 2.05) is 0 Å². The number of fused-ring (bicyclic) bond motifs is 1. The van der Waals surface area contributed by atoms with Crippen LogP contribution < -0.4 is 5.32 Å². The van der Waals surface area contributed by atoms with Crippen molar-refractivity contribution in [3.8, 4) is 0 Å².